The van der Waals surface area contributed by atoms with Gasteiger partial charge >= 0.3 is 0 Å². The van der Waals surface area contributed by atoms with E-state index in [9.17, 15) is 14.9 Å². The predicted octanol–water partition coefficient (Wildman–Crippen LogP) is 1.90. The Morgan fingerprint density at radius 3 is 2.80 bits per heavy atom. The number of nitro groups is 1. The number of hydrogen-bond acceptors (Lipinski definition) is 3. The summed E-state index contributed by atoms with van der Waals surface area (Å²) in [6.45, 7) is 1.54. The standard InChI is InChI=1S/C11H11NO3/c1-7(13)9-5-8-3-2-4-11(12(14)15)10(8)6-9/h2-4,9H,5-6H2,1H3. The second-order valence-electron chi connectivity index (χ2n) is 3.89. The SMILES string of the molecule is CC(=O)C1Cc2cccc([N+](=O)[O-])c2C1. The summed E-state index contributed by atoms with van der Waals surface area (Å²) >= 11 is 0. The Morgan fingerprint density at radius 2 is 2.20 bits per heavy atom. The van der Waals surface area contributed by atoms with Crippen LogP contribution >= 0.6 is 0 Å². The maximum atomic E-state index is 11.2. The van der Waals surface area contributed by atoms with Crippen molar-refractivity contribution in [1.82, 2.24) is 0 Å². The molecular weight excluding hydrogens is 194 g/mol. The molecule has 0 aliphatic heterocycles. The van der Waals surface area contributed by atoms with E-state index in [0.29, 0.717) is 12.8 Å². The van der Waals surface area contributed by atoms with Crippen LogP contribution in [0.2, 0.25) is 0 Å². The molecule has 0 N–H and O–H groups in total. The molecule has 0 fully saturated rings. The maximum Gasteiger partial charge on any atom is 0.272 e. The van der Waals surface area contributed by atoms with Gasteiger partial charge in [-0.05, 0) is 25.3 Å². The number of Topliss-reactive ketones (excluding diaryl/α,β-unsaturated/α-hetero) is 1. The maximum absolute atomic E-state index is 11.2. The Hall–Kier alpha value is -1.71. The van der Waals surface area contributed by atoms with Crippen molar-refractivity contribution in [1.29, 1.82) is 0 Å². The Labute approximate surface area is 87.1 Å². The van der Waals surface area contributed by atoms with Crippen molar-refractivity contribution in [2.75, 3.05) is 0 Å². The number of fused-ring (bicyclic) bond motifs is 1. The first-order chi connectivity index (χ1) is 7.09. The van der Waals surface area contributed by atoms with E-state index < -0.39 is 0 Å². The largest absolute Gasteiger partial charge is 0.300 e. The van der Waals surface area contributed by atoms with Gasteiger partial charge in [-0.15, -0.1) is 0 Å². The minimum atomic E-state index is -0.374. The molecule has 0 radical (unpaired) electrons. The molecule has 1 unspecified atom stereocenters. The molecule has 0 amide bonds. The fraction of sp³-hybridized carbons (Fsp3) is 0.364. The van der Waals surface area contributed by atoms with E-state index in [1.807, 2.05) is 6.07 Å². The molecule has 15 heavy (non-hydrogen) atoms. The second-order valence-corrected chi connectivity index (χ2v) is 3.89. The van der Waals surface area contributed by atoms with Gasteiger partial charge in [-0.2, -0.15) is 0 Å². The average Bonchev–Trinajstić information content (AvgIpc) is 2.60. The molecule has 1 aliphatic rings. The number of benzene rings is 1. The molecule has 1 aliphatic carbocycles. The molecule has 4 heteroatoms. The lowest BCUT2D eigenvalue weighted by Gasteiger charge is -2.00. The van der Waals surface area contributed by atoms with Crippen LogP contribution in [0.15, 0.2) is 18.2 Å². The van der Waals surface area contributed by atoms with Gasteiger partial charge in [0.1, 0.15) is 5.78 Å². The van der Waals surface area contributed by atoms with Crippen LogP contribution in [0.3, 0.4) is 0 Å². The summed E-state index contributed by atoms with van der Waals surface area (Å²) in [5.41, 5.74) is 1.84. The van der Waals surface area contributed by atoms with Gasteiger partial charge in [0.15, 0.2) is 0 Å². The van der Waals surface area contributed by atoms with Crippen molar-refractivity contribution in [2.45, 2.75) is 19.8 Å². The van der Waals surface area contributed by atoms with Crippen LogP contribution < -0.4 is 0 Å². The number of carbonyl (C=O) groups excluding carboxylic acids is 1. The molecule has 1 atom stereocenters. The van der Waals surface area contributed by atoms with Gasteiger partial charge in [-0.1, -0.05) is 12.1 Å². The highest BCUT2D eigenvalue weighted by atomic mass is 16.6. The van der Waals surface area contributed by atoms with Crippen LogP contribution in [0.4, 0.5) is 5.69 Å². The molecule has 0 aromatic heterocycles. The Bertz CT molecular complexity index is 439. The molecule has 0 heterocycles. The van der Waals surface area contributed by atoms with E-state index in [2.05, 4.69) is 0 Å². The number of ketones is 1. The van der Waals surface area contributed by atoms with E-state index in [-0.39, 0.29) is 22.3 Å². The van der Waals surface area contributed by atoms with Crippen molar-refractivity contribution in [3.05, 3.63) is 39.4 Å². The molecule has 1 aromatic carbocycles. The van der Waals surface area contributed by atoms with E-state index >= 15 is 0 Å². The number of nitrogens with zero attached hydrogens (tertiary/aromatic N) is 1. The first kappa shape index (κ1) is 9.83. The Balaban J connectivity index is 2.41. The summed E-state index contributed by atoms with van der Waals surface area (Å²) in [6, 6.07) is 5.05. The summed E-state index contributed by atoms with van der Waals surface area (Å²) in [6.07, 6.45) is 1.16. The molecule has 78 valence electrons. The molecule has 2 rings (SSSR count). The fourth-order valence-electron chi connectivity index (χ4n) is 2.09. The highest BCUT2D eigenvalue weighted by Crippen LogP contribution is 2.33. The van der Waals surface area contributed by atoms with Crippen molar-refractivity contribution in [3.63, 3.8) is 0 Å². The summed E-state index contributed by atoms with van der Waals surface area (Å²) in [7, 11) is 0. The predicted molar refractivity (Wildman–Crippen MR) is 54.7 cm³/mol. The van der Waals surface area contributed by atoms with Gasteiger partial charge in [0.25, 0.3) is 5.69 Å². The first-order valence-corrected chi connectivity index (χ1v) is 4.85. The Kier molecular flexibility index (Phi) is 2.26. The van der Waals surface area contributed by atoms with Gasteiger partial charge in [0.2, 0.25) is 0 Å². The van der Waals surface area contributed by atoms with Crippen molar-refractivity contribution in [3.8, 4) is 0 Å². The lowest BCUT2D eigenvalue weighted by molar-refractivity contribution is -0.385. The molecule has 0 saturated heterocycles. The topological polar surface area (TPSA) is 60.2 Å². The smallest absolute Gasteiger partial charge is 0.272 e. The average molecular weight is 205 g/mol. The summed E-state index contributed by atoms with van der Waals surface area (Å²) < 4.78 is 0. The van der Waals surface area contributed by atoms with Crippen LogP contribution in [0.25, 0.3) is 0 Å². The minimum absolute atomic E-state index is 0.0684. The van der Waals surface area contributed by atoms with Gasteiger partial charge in [-0.25, -0.2) is 0 Å². The van der Waals surface area contributed by atoms with Gasteiger partial charge in [0.05, 0.1) is 4.92 Å². The van der Waals surface area contributed by atoms with E-state index in [0.717, 1.165) is 11.1 Å². The van der Waals surface area contributed by atoms with Crippen LogP contribution in [-0.4, -0.2) is 10.7 Å². The second kappa shape index (κ2) is 3.46. The first-order valence-electron chi connectivity index (χ1n) is 4.85. The minimum Gasteiger partial charge on any atom is -0.300 e. The quantitative estimate of drug-likeness (QED) is 0.547. The summed E-state index contributed by atoms with van der Waals surface area (Å²) in [4.78, 5) is 21.6. The summed E-state index contributed by atoms with van der Waals surface area (Å²) in [5, 5.41) is 10.8. The van der Waals surface area contributed by atoms with Crippen molar-refractivity contribution < 1.29 is 9.72 Å². The fourth-order valence-corrected chi connectivity index (χ4v) is 2.09. The molecule has 1 aromatic rings. The van der Waals surface area contributed by atoms with Crippen molar-refractivity contribution in [2.24, 2.45) is 5.92 Å². The van der Waals surface area contributed by atoms with Crippen LogP contribution in [0.1, 0.15) is 18.1 Å². The molecule has 0 bridgehead atoms. The van der Waals surface area contributed by atoms with Crippen LogP contribution in [0.5, 0.6) is 0 Å². The zero-order chi connectivity index (χ0) is 11.0. The van der Waals surface area contributed by atoms with Gasteiger partial charge in [0, 0.05) is 17.5 Å². The molecule has 0 saturated carbocycles. The third-order valence-electron chi connectivity index (χ3n) is 2.94. The zero-order valence-corrected chi connectivity index (χ0v) is 8.40. The number of rotatable bonds is 2. The Morgan fingerprint density at radius 1 is 1.47 bits per heavy atom. The van der Waals surface area contributed by atoms with Gasteiger partial charge in [-0.3, -0.25) is 14.9 Å². The number of carbonyl (C=O) groups is 1. The number of hydrogen-bond donors (Lipinski definition) is 0. The third-order valence-corrected chi connectivity index (χ3v) is 2.94. The molecular formula is C11H11NO3. The van der Waals surface area contributed by atoms with E-state index in [4.69, 9.17) is 0 Å². The molecule has 0 spiro atoms. The zero-order valence-electron chi connectivity index (χ0n) is 8.40. The highest BCUT2D eigenvalue weighted by molar-refractivity contribution is 5.80. The lowest BCUT2D eigenvalue weighted by Crippen LogP contribution is -2.10. The van der Waals surface area contributed by atoms with E-state index in [1.165, 1.54) is 6.07 Å². The van der Waals surface area contributed by atoms with Gasteiger partial charge < -0.3 is 0 Å². The normalized spacial score (nSPS) is 18.6. The number of nitro benzene ring substituents is 1. The third kappa shape index (κ3) is 1.63. The van der Waals surface area contributed by atoms with E-state index in [1.54, 1.807) is 13.0 Å². The summed E-state index contributed by atoms with van der Waals surface area (Å²) in [5.74, 6) is 0.0431. The molecule has 4 nitrogen and oxygen atoms in total. The van der Waals surface area contributed by atoms with Crippen molar-refractivity contribution >= 4 is 11.5 Å². The monoisotopic (exact) mass is 205 g/mol. The van der Waals surface area contributed by atoms with Crippen LogP contribution in [0, 0.1) is 16.0 Å². The van der Waals surface area contributed by atoms with Crippen LogP contribution in [-0.2, 0) is 17.6 Å². The highest BCUT2D eigenvalue weighted by Gasteiger charge is 2.30. The lowest BCUT2D eigenvalue weighted by atomic mass is 10.0.